The first kappa shape index (κ1) is 17.1. The fourth-order valence-electron chi connectivity index (χ4n) is 3.34. The van der Waals surface area contributed by atoms with Crippen molar-refractivity contribution in [2.45, 2.75) is 18.7 Å². The third-order valence-corrected chi connectivity index (χ3v) is 6.71. The fourth-order valence-corrected chi connectivity index (χ4v) is 4.87. The van der Waals surface area contributed by atoms with Crippen LogP contribution in [0.3, 0.4) is 0 Å². The van der Waals surface area contributed by atoms with Crippen molar-refractivity contribution in [1.29, 1.82) is 0 Å². The van der Waals surface area contributed by atoms with E-state index in [1.807, 2.05) is 36.4 Å². The van der Waals surface area contributed by atoms with E-state index in [2.05, 4.69) is 31.2 Å². The van der Waals surface area contributed by atoms with Crippen molar-refractivity contribution in [3.05, 3.63) is 71.8 Å². The third kappa shape index (κ3) is 4.04. The maximum Gasteiger partial charge on any atom is 0.218 e. The number of hydrogen-bond donors (Lipinski definition) is 1. The van der Waals surface area contributed by atoms with Crippen LogP contribution in [0.5, 0.6) is 0 Å². The van der Waals surface area contributed by atoms with E-state index in [1.165, 1.54) is 10.5 Å². The van der Waals surface area contributed by atoms with Gasteiger partial charge in [0.2, 0.25) is 10.0 Å². The first-order valence-corrected chi connectivity index (χ1v) is 10.1. The zero-order valence-corrected chi connectivity index (χ0v) is 14.9. The highest BCUT2D eigenvalue weighted by Crippen LogP contribution is 2.12. The van der Waals surface area contributed by atoms with Gasteiger partial charge >= 0.3 is 0 Å². The zero-order chi connectivity index (χ0) is 17.0. The molecule has 0 unspecified atom stereocenters. The van der Waals surface area contributed by atoms with Gasteiger partial charge in [0.05, 0.1) is 31.9 Å². The molecule has 1 atom stereocenters. The van der Waals surface area contributed by atoms with Crippen LogP contribution in [0, 0.1) is 0 Å². The minimum Gasteiger partial charge on any atom is -0.327 e. The van der Waals surface area contributed by atoms with Crippen LogP contribution in [0.2, 0.25) is 0 Å². The molecule has 24 heavy (non-hydrogen) atoms. The standard InChI is InChI=1S/C19H24N2O2S/c1-17(19-10-6-3-7-11-19)20-12-14-21(15-13-20)24(22,23)16-18-8-4-2-5-9-18/h2-11,17H,12-16H2,1H3/p+1/t17-/m0/s1. The van der Waals surface area contributed by atoms with Gasteiger partial charge in [-0.25, -0.2) is 8.42 Å². The number of rotatable bonds is 5. The van der Waals surface area contributed by atoms with Crippen LogP contribution >= 0.6 is 0 Å². The van der Waals surface area contributed by atoms with Gasteiger partial charge < -0.3 is 4.90 Å². The minimum absolute atomic E-state index is 0.0947. The normalized spacial score (nSPS) is 18.4. The molecule has 4 nitrogen and oxygen atoms in total. The second kappa shape index (κ2) is 7.47. The van der Waals surface area contributed by atoms with E-state index >= 15 is 0 Å². The molecule has 0 radical (unpaired) electrons. The molecule has 0 amide bonds. The summed E-state index contributed by atoms with van der Waals surface area (Å²) in [6.07, 6.45) is 0. The second-order valence-electron chi connectivity index (χ2n) is 6.43. The Labute approximate surface area is 144 Å². The molecule has 0 spiro atoms. The Kier molecular flexibility index (Phi) is 5.33. The van der Waals surface area contributed by atoms with Gasteiger partial charge in [0.15, 0.2) is 0 Å². The van der Waals surface area contributed by atoms with E-state index in [4.69, 9.17) is 0 Å². The number of benzene rings is 2. The average Bonchev–Trinajstić information content (AvgIpc) is 2.62. The van der Waals surface area contributed by atoms with E-state index < -0.39 is 10.0 Å². The molecule has 1 fully saturated rings. The largest absolute Gasteiger partial charge is 0.327 e. The summed E-state index contributed by atoms with van der Waals surface area (Å²) in [5.41, 5.74) is 2.16. The molecule has 0 bridgehead atoms. The molecular weight excluding hydrogens is 320 g/mol. The van der Waals surface area contributed by atoms with E-state index in [0.29, 0.717) is 19.1 Å². The van der Waals surface area contributed by atoms with Crippen LogP contribution in [0.15, 0.2) is 60.7 Å². The highest BCUT2D eigenvalue weighted by Gasteiger charge is 2.31. The van der Waals surface area contributed by atoms with Crippen LogP contribution in [-0.4, -0.2) is 38.9 Å². The summed E-state index contributed by atoms with van der Waals surface area (Å²) in [5, 5.41) is 0. The summed E-state index contributed by atoms with van der Waals surface area (Å²) in [7, 11) is -3.23. The van der Waals surface area contributed by atoms with E-state index in [-0.39, 0.29) is 5.75 Å². The number of quaternary nitrogens is 1. The summed E-state index contributed by atoms with van der Waals surface area (Å²) < 4.78 is 26.9. The lowest BCUT2D eigenvalue weighted by Gasteiger charge is -2.35. The maximum atomic E-state index is 12.6. The molecule has 2 aromatic rings. The smallest absolute Gasteiger partial charge is 0.218 e. The summed E-state index contributed by atoms with van der Waals surface area (Å²) in [5.74, 6) is 0.0947. The van der Waals surface area contributed by atoms with Gasteiger partial charge in [0.25, 0.3) is 0 Å². The molecule has 128 valence electrons. The van der Waals surface area contributed by atoms with Gasteiger partial charge in [-0.3, -0.25) is 0 Å². The Morgan fingerprint density at radius 1 is 0.958 bits per heavy atom. The summed E-state index contributed by atoms with van der Waals surface area (Å²) in [6.45, 7) is 5.12. The average molecular weight is 345 g/mol. The predicted molar refractivity (Wildman–Crippen MR) is 96.2 cm³/mol. The lowest BCUT2D eigenvalue weighted by molar-refractivity contribution is -0.933. The lowest BCUT2D eigenvalue weighted by atomic mass is 10.1. The molecule has 3 rings (SSSR count). The number of piperazine rings is 1. The Balaban J connectivity index is 1.60. The summed E-state index contributed by atoms with van der Waals surface area (Å²) >= 11 is 0. The number of hydrogen-bond acceptors (Lipinski definition) is 2. The number of nitrogens with one attached hydrogen (secondary N) is 1. The number of sulfonamides is 1. The maximum absolute atomic E-state index is 12.6. The predicted octanol–water partition coefficient (Wildman–Crippen LogP) is 1.48. The summed E-state index contributed by atoms with van der Waals surface area (Å²) in [4.78, 5) is 1.45. The SMILES string of the molecule is C[C@@H](c1ccccc1)[NH+]1CCN(S(=O)(=O)Cc2ccccc2)CC1. The fraction of sp³-hybridized carbons (Fsp3) is 0.368. The number of nitrogens with zero attached hydrogens (tertiary/aromatic N) is 1. The molecule has 0 aromatic heterocycles. The molecule has 1 aliphatic heterocycles. The third-order valence-electron chi connectivity index (χ3n) is 4.86. The lowest BCUT2D eigenvalue weighted by Crippen LogP contribution is -3.14. The molecule has 1 aliphatic rings. The Hall–Kier alpha value is -1.69. The second-order valence-corrected chi connectivity index (χ2v) is 8.40. The van der Waals surface area contributed by atoms with Gasteiger partial charge in [-0.05, 0) is 12.5 Å². The molecular formula is C19H25N2O2S+. The molecule has 1 heterocycles. The van der Waals surface area contributed by atoms with Gasteiger partial charge in [0, 0.05) is 5.56 Å². The molecule has 0 aliphatic carbocycles. The quantitative estimate of drug-likeness (QED) is 0.892. The van der Waals surface area contributed by atoms with Gasteiger partial charge in [0.1, 0.15) is 6.04 Å². The van der Waals surface area contributed by atoms with Crippen LogP contribution < -0.4 is 4.90 Å². The van der Waals surface area contributed by atoms with Gasteiger partial charge in [-0.2, -0.15) is 4.31 Å². The molecule has 0 saturated carbocycles. The van der Waals surface area contributed by atoms with Gasteiger partial charge in [-0.15, -0.1) is 0 Å². The van der Waals surface area contributed by atoms with Crippen molar-refractivity contribution in [1.82, 2.24) is 4.31 Å². The van der Waals surface area contributed by atoms with Crippen molar-refractivity contribution in [2.75, 3.05) is 26.2 Å². The molecule has 2 aromatic carbocycles. The Morgan fingerprint density at radius 3 is 2.08 bits per heavy atom. The van der Waals surface area contributed by atoms with Crippen molar-refractivity contribution in [2.24, 2.45) is 0 Å². The minimum atomic E-state index is -3.23. The van der Waals surface area contributed by atoms with Gasteiger partial charge in [-0.1, -0.05) is 60.7 Å². The van der Waals surface area contributed by atoms with Crippen LogP contribution in [0.1, 0.15) is 24.1 Å². The monoisotopic (exact) mass is 345 g/mol. The highest BCUT2D eigenvalue weighted by atomic mass is 32.2. The van der Waals surface area contributed by atoms with Crippen molar-refractivity contribution in [3.8, 4) is 0 Å². The highest BCUT2D eigenvalue weighted by molar-refractivity contribution is 7.88. The molecule has 1 saturated heterocycles. The van der Waals surface area contributed by atoms with E-state index in [9.17, 15) is 8.42 Å². The van der Waals surface area contributed by atoms with Crippen LogP contribution in [-0.2, 0) is 15.8 Å². The van der Waals surface area contributed by atoms with E-state index in [0.717, 1.165) is 18.7 Å². The topological polar surface area (TPSA) is 41.8 Å². The van der Waals surface area contributed by atoms with Crippen molar-refractivity contribution in [3.63, 3.8) is 0 Å². The molecule has 1 N–H and O–H groups in total. The zero-order valence-electron chi connectivity index (χ0n) is 14.1. The van der Waals surface area contributed by atoms with Crippen LogP contribution in [0.4, 0.5) is 0 Å². The Bertz CT molecular complexity index is 739. The van der Waals surface area contributed by atoms with Crippen molar-refractivity contribution >= 4 is 10.0 Å². The van der Waals surface area contributed by atoms with E-state index in [1.54, 1.807) is 4.31 Å². The molecule has 5 heteroatoms. The first-order chi connectivity index (χ1) is 11.6. The Morgan fingerprint density at radius 2 is 1.50 bits per heavy atom. The van der Waals surface area contributed by atoms with Crippen molar-refractivity contribution < 1.29 is 13.3 Å². The van der Waals surface area contributed by atoms with Crippen LogP contribution in [0.25, 0.3) is 0 Å². The summed E-state index contributed by atoms with van der Waals surface area (Å²) in [6, 6.07) is 20.3. The first-order valence-electron chi connectivity index (χ1n) is 8.47.